The summed E-state index contributed by atoms with van der Waals surface area (Å²) in [4.78, 5) is 12.9. The number of amides is 1. The highest BCUT2D eigenvalue weighted by Crippen LogP contribution is 2.38. The molecule has 0 radical (unpaired) electrons. The molecule has 1 amide bonds. The summed E-state index contributed by atoms with van der Waals surface area (Å²) in [5, 5.41) is 14.4. The minimum absolute atomic E-state index is 0.105. The Hall–Kier alpha value is -3.38. The average molecular weight is 707 g/mol. The van der Waals surface area contributed by atoms with Crippen LogP contribution < -0.4 is 19.5 Å². The summed E-state index contributed by atoms with van der Waals surface area (Å²) in [6.07, 6.45) is 1.46. The molecule has 6 nitrogen and oxygen atoms in total. The molecular weight excluding hydrogens is 686 g/mol. The fourth-order valence-electron chi connectivity index (χ4n) is 3.70. The minimum atomic E-state index is -0.575. The molecule has 0 aliphatic heterocycles. The molecule has 0 aliphatic rings. The van der Waals surface area contributed by atoms with Crippen molar-refractivity contribution >= 4 is 80.0 Å². The van der Waals surface area contributed by atoms with Gasteiger partial charge in [0.25, 0.3) is 5.91 Å². The van der Waals surface area contributed by atoms with E-state index in [0.29, 0.717) is 53.1 Å². The van der Waals surface area contributed by atoms with Gasteiger partial charge in [0.2, 0.25) is 0 Å². The van der Waals surface area contributed by atoms with Crippen LogP contribution in [0.1, 0.15) is 16.7 Å². The SMILES string of the molecule is COc1cc(/C=C(\C#N)C(=O)Nc2ccc(OCc3ccc(Cl)cc3Cl)cc2)cc(Br)c1OCc1ccc(Cl)c(Cl)c1. The van der Waals surface area contributed by atoms with Gasteiger partial charge in [-0.05, 0) is 93.8 Å². The monoisotopic (exact) mass is 704 g/mol. The molecule has 0 saturated heterocycles. The summed E-state index contributed by atoms with van der Waals surface area (Å²) in [7, 11) is 1.50. The van der Waals surface area contributed by atoms with Gasteiger partial charge in [-0.1, -0.05) is 58.5 Å². The van der Waals surface area contributed by atoms with Gasteiger partial charge in [-0.3, -0.25) is 4.79 Å². The van der Waals surface area contributed by atoms with Crippen molar-refractivity contribution in [3.63, 3.8) is 0 Å². The van der Waals surface area contributed by atoms with Gasteiger partial charge in [0, 0.05) is 21.3 Å². The van der Waals surface area contributed by atoms with Crippen molar-refractivity contribution in [2.24, 2.45) is 0 Å². The molecule has 4 aromatic carbocycles. The number of anilines is 1. The highest BCUT2D eigenvalue weighted by molar-refractivity contribution is 9.10. The van der Waals surface area contributed by atoms with Gasteiger partial charge >= 0.3 is 0 Å². The first-order chi connectivity index (χ1) is 20.2. The van der Waals surface area contributed by atoms with Gasteiger partial charge in [0.15, 0.2) is 11.5 Å². The van der Waals surface area contributed by atoms with Gasteiger partial charge in [0.1, 0.15) is 30.6 Å². The largest absolute Gasteiger partial charge is 0.493 e. The van der Waals surface area contributed by atoms with Gasteiger partial charge in [0.05, 0.1) is 21.6 Å². The first kappa shape index (κ1) is 31.6. The second-order valence-corrected chi connectivity index (χ2v) is 11.3. The number of nitriles is 1. The number of rotatable bonds is 10. The van der Waals surface area contributed by atoms with Crippen LogP contribution in [0.25, 0.3) is 6.08 Å². The van der Waals surface area contributed by atoms with Crippen LogP contribution >= 0.6 is 62.3 Å². The maximum absolute atomic E-state index is 12.9. The standard InChI is InChI=1S/C31H21BrCl4N2O4/c1-40-29-13-19(11-25(32)30(29)42-16-18-2-9-26(34)28(36)12-18)10-21(15-37)31(39)38-23-5-7-24(8-6-23)41-17-20-3-4-22(33)14-27(20)35/h2-14H,16-17H2,1H3,(H,38,39)/b21-10+. The van der Waals surface area contributed by atoms with Gasteiger partial charge in [-0.2, -0.15) is 5.26 Å². The van der Waals surface area contributed by atoms with E-state index in [1.165, 1.54) is 13.2 Å². The Kier molecular flexibility index (Phi) is 11.0. The summed E-state index contributed by atoms with van der Waals surface area (Å²) in [5.41, 5.74) is 2.54. The Bertz CT molecular complexity index is 1690. The lowest BCUT2D eigenvalue weighted by atomic mass is 10.1. The third-order valence-corrected chi connectivity index (χ3v) is 7.73. The number of carbonyl (C=O) groups is 1. The van der Waals surface area contributed by atoms with Crippen LogP contribution in [0, 0.1) is 11.3 Å². The first-order valence-electron chi connectivity index (χ1n) is 12.2. The lowest BCUT2D eigenvalue weighted by Gasteiger charge is -2.14. The predicted molar refractivity (Wildman–Crippen MR) is 171 cm³/mol. The molecule has 4 rings (SSSR count). The number of nitrogens with zero attached hydrogens (tertiary/aromatic N) is 1. The normalized spacial score (nSPS) is 11.0. The van der Waals surface area contributed by atoms with Crippen molar-refractivity contribution in [1.29, 1.82) is 5.26 Å². The van der Waals surface area contributed by atoms with E-state index < -0.39 is 5.91 Å². The van der Waals surface area contributed by atoms with Crippen LogP contribution in [0.15, 0.2) is 82.8 Å². The number of nitrogens with one attached hydrogen (secondary N) is 1. The molecule has 214 valence electrons. The van der Waals surface area contributed by atoms with Gasteiger partial charge in [-0.25, -0.2) is 0 Å². The molecule has 0 aliphatic carbocycles. The maximum Gasteiger partial charge on any atom is 0.266 e. The highest BCUT2D eigenvalue weighted by Gasteiger charge is 2.15. The Morgan fingerprint density at radius 1 is 0.905 bits per heavy atom. The topological polar surface area (TPSA) is 80.6 Å². The molecule has 0 spiro atoms. The van der Waals surface area contributed by atoms with E-state index in [9.17, 15) is 10.1 Å². The third-order valence-electron chi connectivity index (χ3n) is 5.82. The Morgan fingerprint density at radius 2 is 1.67 bits per heavy atom. The van der Waals surface area contributed by atoms with Crippen molar-refractivity contribution in [3.05, 3.63) is 120 Å². The molecule has 0 atom stereocenters. The van der Waals surface area contributed by atoms with Gasteiger partial charge < -0.3 is 19.5 Å². The maximum atomic E-state index is 12.9. The number of halogens is 5. The molecule has 0 bridgehead atoms. The van der Waals surface area contributed by atoms with Crippen LogP contribution in [-0.4, -0.2) is 13.0 Å². The lowest BCUT2D eigenvalue weighted by Crippen LogP contribution is -2.13. The summed E-state index contributed by atoms with van der Waals surface area (Å²) in [6, 6.07) is 22.5. The third kappa shape index (κ3) is 8.34. The van der Waals surface area contributed by atoms with E-state index in [1.54, 1.807) is 66.7 Å². The minimum Gasteiger partial charge on any atom is -0.493 e. The summed E-state index contributed by atoms with van der Waals surface area (Å²) >= 11 is 27.7. The number of ether oxygens (including phenoxy) is 3. The Labute approximate surface area is 271 Å². The number of carbonyl (C=O) groups excluding carboxylic acids is 1. The molecule has 0 heterocycles. The fraction of sp³-hybridized carbons (Fsp3) is 0.0968. The number of hydrogen-bond donors (Lipinski definition) is 1. The Morgan fingerprint density at radius 3 is 2.33 bits per heavy atom. The molecule has 0 fully saturated rings. The summed E-state index contributed by atoms with van der Waals surface area (Å²) in [6.45, 7) is 0.465. The first-order valence-corrected chi connectivity index (χ1v) is 14.5. The van der Waals surface area contributed by atoms with E-state index in [1.807, 2.05) is 12.1 Å². The van der Waals surface area contributed by atoms with Crippen LogP contribution in [0.2, 0.25) is 20.1 Å². The molecule has 0 aromatic heterocycles. The summed E-state index contributed by atoms with van der Waals surface area (Å²) in [5.74, 6) is 0.857. The van der Waals surface area contributed by atoms with Crippen LogP contribution in [-0.2, 0) is 18.0 Å². The second kappa shape index (κ2) is 14.7. The van der Waals surface area contributed by atoms with E-state index in [2.05, 4.69) is 21.2 Å². The molecule has 1 N–H and O–H groups in total. The molecule has 42 heavy (non-hydrogen) atoms. The lowest BCUT2D eigenvalue weighted by molar-refractivity contribution is -0.112. The quantitative estimate of drug-likeness (QED) is 0.131. The van der Waals surface area contributed by atoms with Crippen LogP contribution in [0.3, 0.4) is 0 Å². The highest BCUT2D eigenvalue weighted by atomic mass is 79.9. The number of hydrogen-bond acceptors (Lipinski definition) is 5. The van der Waals surface area contributed by atoms with Crippen LogP contribution in [0.4, 0.5) is 5.69 Å². The predicted octanol–water partition coefficient (Wildman–Crippen LogP) is 9.77. The molecular formula is C31H21BrCl4N2O4. The van der Waals surface area contributed by atoms with E-state index >= 15 is 0 Å². The number of benzene rings is 4. The average Bonchev–Trinajstić information content (AvgIpc) is 2.97. The fourth-order valence-corrected chi connectivity index (χ4v) is 5.05. The molecule has 11 heteroatoms. The molecule has 0 saturated carbocycles. The van der Waals surface area contributed by atoms with E-state index in [0.717, 1.165) is 11.1 Å². The zero-order valence-corrected chi connectivity index (χ0v) is 26.5. The van der Waals surface area contributed by atoms with Crippen molar-refractivity contribution in [2.75, 3.05) is 12.4 Å². The smallest absolute Gasteiger partial charge is 0.266 e. The van der Waals surface area contributed by atoms with Crippen molar-refractivity contribution < 1.29 is 19.0 Å². The zero-order chi connectivity index (χ0) is 30.2. The van der Waals surface area contributed by atoms with E-state index in [4.69, 9.17) is 60.6 Å². The molecule has 4 aromatic rings. The number of methoxy groups -OCH3 is 1. The van der Waals surface area contributed by atoms with Crippen molar-refractivity contribution in [3.8, 4) is 23.3 Å². The van der Waals surface area contributed by atoms with Crippen molar-refractivity contribution in [1.82, 2.24) is 0 Å². The van der Waals surface area contributed by atoms with Crippen LogP contribution in [0.5, 0.6) is 17.2 Å². The van der Waals surface area contributed by atoms with E-state index in [-0.39, 0.29) is 18.8 Å². The molecule has 0 unspecified atom stereocenters. The zero-order valence-electron chi connectivity index (χ0n) is 21.9. The second-order valence-electron chi connectivity index (χ2n) is 8.74. The van der Waals surface area contributed by atoms with Gasteiger partial charge in [-0.15, -0.1) is 0 Å². The van der Waals surface area contributed by atoms with Crippen molar-refractivity contribution in [2.45, 2.75) is 13.2 Å². The summed E-state index contributed by atoms with van der Waals surface area (Å²) < 4.78 is 17.8. The Balaban J connectivity index is 1.42.